The first-order valence-corrected chi connectivity index (χ1v) is 23.5. The Balaban J connectivity index is 0.00000578. The molecule has 0 aliphatic carbocycles. The second-order valence-corrected chi connectivity index (χ2v) is 22.5. The Morgan fingerprint density at radius 1 is 0.544 bits per heavy atom. The molecule has 0 radical (unpaired) electrons. The summed E-state index contributed by atoms with van der Waals surface area (Å²) < 4.78 is 8.82. The Morgan fingerprint density at radius 2 is 1.18 bits per heavy atom. The summed E-state index contributed by atoms with van der Waals surface area (Å²) in [4.78, 5) is 10.8. The predicted molar refractivity (Wildman–Crippen MR) is 281 cm³/mol. The summed E-state index contributed by atoms with van der Waals surface area (Å²) in [5, 5.41) is 16.9. The van der Waals surface area contributed by atoms with Gasteiger partial charge < -0.3 is 9.52 Å². The van der Waals surface area contributed by atoms with Crippen molar-refractivity contribution in [2.24, 2.45) is 0 Å². The van der Waals surface area contributed by atoms with Crippen LogP contribution in [0.5, 0.6) is 5.75 Å². The Labute approximate surface area is 415 Å². The number of aromatic hydroxyl groups is 1. The number of furan rings is 1. The zero-order valence-electron chi connectivity index (χ0n) is 41.3. The van der Waals surface area contributed by atoms with E-state index in [1.165, 1.54) is 5.56 Å². The molecule has 0 saturated carbocycles. The molecule has 0 fully saturated rings. The van der Waals surface area contributed by atoms with Crippen LogP contribution in [0.25, 0.3) is 94.3 Å². The monoisotopic (exact) mass is 1070 g/mol. The second-order valence-electron chi connectivity index (χ2n) is 22.5. The fraction of sp³-hybridized carbons (Fsp3) is 0.258. The van der Waals surface area contributed by atoms with E-state index < -0.39 is 0 Å². The van der Waals surface area contributed by atoms with Crippen LogP contribution < -0.4 is 0 Å². The van der Waals surface area contributed by atoms with Crippen molar-refractivity contribution in [2.75, 3.05) is 0 Å². The quantitative estimate of drug-likeness (QED) is 0.174. The molecule has 0 atom stereocenters. The van der Waals surface area contributed by atoms with Gasteiger partial charge in [0.15, 0.2) is 0 Å². The molecule has 3 aromatic heterocycles. The topological polar surface area (TPSA) is 64.1 Å². The zero-order valence-corrected chi connectivity index (χ0v) is 43.6. The van der Waals surface area contributed by atoms with E-state index >= 15 is 0 Å². The number of hydrogen-bond donors (Lipinski definition) is 1. The minimum Gasteiger partial charge on any atom is -0.507 e. The van der Waals surface area contributed by atoms with E-state index in [-0.39, 0.29) is 48.5 Å². The largest absolute Gasteiger partial charge is 0.507 e. The normalized spacial score (nSPS) is 12.6. The molecular weight excluding hydrogens is 1010 g/mol. The SMILES string of the molecule is CC(C)(C)c1cc(-c2cccc3c2nc(-c2cc(C(C)(C)C)cc(C(C)(C)C)c2O)n3-c2ccc(C(C)(C)C)cc2-c2ccccc2)[c-]c(-c2nccc3oc4cc5ccccc5cc4c23)c1.[Pt]. The van der Waals surface area contributed by atoms with Gasteiger partial charge in [0.2, 0.25) is 0 Å². The average Bonchev–Trinajstić information content (AvgIpc) is 3.85. The molecule has 0 spiro atoms. The Hall–Kier alpha value is -6.29. The molecule has 0 aliphatic rings. The summed E-state index contributed by atoms with van der Waals surface area (Å²) in [5.74, 6) is 0.919. The van der Waals surface area contributed by atoms with E-state index in [0.717, 1.165) is 99.6 Å². The number of aromatic nitrogens is 3. The van der Waals surface area contributed by atoms with Gasteiger partial charge in [-0.1, -0.05) is 173 Å². The molecule has 0 bridgehead atoms. The van der Waals surface area contributed by atoms with E-state index in [4.69, 9.17) is 14.4 Å². The smallest absolute Gasteiger partial charge is 0.148 e. The van der Waals surface area contributed by atoms with Crippen LogP contribution in [-0.4, -0.2) is 19.6 Å². The van der Waals surface area contributed by atoms with Gasteiger partial charge in [0.1, 0.15) is 22.7 Å². The number of imidazole rings is 1. The maximum Gasteiger partial charge on any atom is 0.148 e. The molecule has 68 heavy (non-hydrogen) atoms. The number of hydrogen-bond acceptors (Lipinski definition) is 4. The van der Waals surface area contributed by atoms with Gasteiger partial charge in [-0.3, -0.25) is 9.55 Å². The second kappa shape index (κ2) is 16.7. The van der Waals surface area contributed by atoms with Crippen molar-refractivity contribution in [3.05, 3.63) is 168 Å². The van der Waals surface area contributed by atoms with Gasteiger partial charge in [-0.15, -0.1) is 29.3 Å². The molecule has 3 heterocycles. The molecule has 7 aromatic carbocycles. The number of phenols is 1. The van der Waals surface area contributed by atoms with Crippen molar-refractivity contribution >= 4 is 43.7 Å². The Kier molecular flexibility index (Phi) is 11.5. The molecule has 10 rings (SSSR count). The van der Waals surface area contributed by atoms with Gasteiger partial charge in [0.25, 0.3) is 0 Å². The molecule has 10 aromatic rings. The number of benzene rings is 7. The van der Waals surface area contributed by atoms with Gasteiger partial charge in [0, 0.05) is 54.9 Å². The Morgan fingerprint density at radius 3 is 1.85 bits per heavy atom. The fourth-order valence-corrected chi connectivity index (χ4v) is 9.48. The number of nitrogens with zero attached hydrogens (tertiary/aromatic N) is 3. The molecular formula is C62H60N3O2Pt-. The Bertz CT molecular complexity index is 3570. The van der Waals surface area contributed by atoms with Gasteiger partial charge in [0.05, 0.1) is 22.3 Å². The van der Waals surface area contributed by atoms with Gasteiger partial charge in [-0.2, -0.15) is 0 Å². The molecule has 1 N–H and O–H groups in total. The summed E-state index contributed by atoms with van der Waals surface area (Å²) in [7, 11) is 0. The van der Waals surface area contributed by atoms with Crippen LogP contribution >= 0.6 is 0 Å². The summed E-state index contributed by atoms with van der Waals surface area (Å²) in [6, 6.07) is 51.3. The van der Waals surface area contributed by atoms with E-state index in [1.807, 2.05) is 12.3 Å². The average molecular weight is 1070 g/mol. The van der Waals surface area contributed by atoms with Gasteiger partial charge in [-0.25, -0.2) is 4.98 Å². The van der Waals surface area contributed by atoms with Gasteiger partial charge >= 0.3 is 0 Å². The standard InChI is InChI=1S/C62H60N3O2.Pt/c1-59(2,3)42-25-26-50(46(34-42)37-19-14-13-15-20-37)65-51-24-18-23-45(56(51)64-58(65)48-35-44(61(7,8)9)36-49(57(48)66)62(10,11)12)40-29-41(31-43(30-40)60(4,5)6)55-54-47-32-38-21-16-17-22-39(38)33-53(47)67-52(54)27-28-63-55;/h13-28,30-36,66H,1-12H3;/q-1;. The van der Waals surface area contributed by atoms with Crippen molar-refractivity contribution in [3.8, 4) is 56.3 Å². The number of pyridine rings is 1. The molecule has 0 amide bonds. The van der Waals surface area contributed by atoms with Crippen molar-refractivity contribution in [1.82, 2.24) is 14.5 Å². The van der Waals surface area contributed by atoms with Crippen molar-refractivity contribution in [3.63, 3.8) is 0 Å². The van der Waals surface area contributed by atoms with Crippen LogP contribution in [0.4, 0.5) is 0 Å². The maximum atomic E-state index is 12.6. The van der Waals surface area contributed by atoms with Crippen LogP contribution in [0.15, 0.2) is 144 Å². The number of phenolic OH excluding ortho intramolecular Hbond substituents is 1. The number of para-hydroxylation sites is 1. The van der Waals surface area contributed by atoms with Crippen molar-refractivity contribution < 1.29 is 30.6 Å². The van der Waals surface area contributed by atoms with Crippen molar-refractivity contribution in [2.45, 2.75) is 105 Å². The van der Waals surface area contributed by atoms with Crippen LogP contribution in [0.1, 0.15) is 105 Å². The van der Waals surface area contributed by atoms with Crippen LogP contribution in [0, 0.1) is 6.07 Å². The zero-order chi connectivity index (χ0) is 47.4. The van der Waals surface area contributed by atoms with Crippen LogP contribution in [-0.2, 0) is 42.7 Å². The third kappa shape index (κ3) is 8.27. The summed E-state index contributed by atoms with van der Waals surface area (Å²) in [6.45, 7) is 26.7. The third-order valence-corrected chi connectivity index (χ3v) is 13.4. The van der Waals surface area contributed by atoms with Gasteiger partial charge in [-0.05, 0) is 91.6 Å². The summed E-state index contributed by atoms with van der Waals surface area (Å²) >= 11 is 0. The molecule has 346 valence electrons. The fourth-order valence-electron chi connectivity index (χ4n) is 9.48. The van der Waals surface area contributed by atoms with Crippen LogP contribution in [0.2, 0.25) is 0 Å². The summed E-state index contributed by atoms with van der Waals surface area (Å²) in [6.07, 6.45) is 1.84. The van der Waals surface area contributed by atoms with Crippen molar-refractivity contribution in [1.29, 1.82) is 0 Å². The molecule has 5 nitrogen and oxygen atoms in total. The van der Waals surface area contributed by atoms with E-state index in [0.29, 0.717) is 11.4 Å². The predicted octanol–water partition coefficient (Wildman–Crippen LogP) is 16.8. The van der Waals surface area contributed by atoms with E-state index in [2.05, 4.69) is 221 Å². The minimum atomic E-state index is -0.339. The molecule has 0 aliphatic heterocycles. The number of fused-ring (bicyclic) bond motifs is 5. The van der Waals surface area contributed by atoms with E-state index in [9.17, 15) is 5.11 Å². The first-order valence-electron chi connectivity index (χ1n) is 23.5. The summed E-state index contributed by atoms with van der Waals surface area (Å²) in [5.41, 5.74) is 14.4. The van der Waals surface area contributed by atoms with Crippen LogP contribution in [0.3, 0.4) is 0 Å². The molecule has 0 unspecified atom stereocenters. The maximum absolute atomic E-state index is 12.6. The molecule has 6 heteroatoms. The first kappa shape index (κ1) is 46.8. The number of rotatable bonds is 5. The minimum absolute atomic E-state index is 0. The van der Waals surface area contributed by atoms with E-state index in [1.54, 1.807) is 0 Å². The first-order chi connectivity index (χ1) is 31.6. The molecule has 0 saturated heterocycles. The third-order valence-electron chi connectivity index (χ3n) is 13.4.